The molecule has 2 aromatic heterocycles. The Morgan fingerprint density at radius 3 is 2.56 bits per heavy atom. The van der Waals surface area contributed by atoms with Crippen LogP contribution in [0.2, 0.25) is 10.0 Å². The number of hydrogen-bond acceptors (Lipinski definition) is 4. The minimum Gasteiger partial charge on any atom is -0.266 e. The van der Waals surface area contributed by atoms with Crippen LogP contribution in [0.15, 0.2) is 47.3 Å². The Morgan fingerprint density at radius 1 is 1.07 bits per heavy atom. The van der Waals surface area contributed by atoms with Gasteiger partial charge in [0.05, 0.1) is 4.53 Å². The van der Waals surface area contributed by atoms with Gasteiger partial charge in [0.25, 0.3) is 5.56 Å². The Balaban J connectivity index is 1.68. The van der Waals surface area contributed by atoms with E-state index in [9.17, 15) is 4.79 Å². The number of thiazole rings is 1. The van der Waals surface area contributed by atoms with E-state index in [0.29, 0.717) is 25.4 Å². The zero-order valence-electron chi connectivity index (χ0n) is 14.2. The van der Waals surface area contributed by atoms with Gasteiger partial charge in [-0.25, -0.2) is 0 Å². The molecule has 2 heterocycles. The summed E-state index contributed by atoms with van der Waals surface area (Å²) in [5.74, 6) is 0.495. The molecule has 4 rings (SSSR count). The highest BCUT2D eigenvalue weighted by molar-refractivity contribution is 7.15. The molecule has 7 heteroatoms. The minimum absolute atomic E-state index is 0.219. The second kappa shape index (κ2) is 7.27. The number of nitrogens with zero attached hydrogens (tertiary/aromatic N) is 3. The molecule has 0 unspecified atom stereocenters. The van der Waals surface area contributed by atoms with Crippen LogP contribution in [0.1, 0.15) is 22.5 Å². The molecule has 0 amide bonds. The predicted octanol–water partition coefficient (Wildman–Crippen LogP) is 4.48. The van der Waals surface area contributed by atoms with E-state index in [1.165, 1.54) is 21.4 Å². The molecule has 0 fully saturated rings. The molecule has 0 saturated heterocycles. The normalized spacial score (nSPS) is 12.5. The van der Waals surface area contributed by atoms with E-state index in [4.69, 9.17) is 23.2 Å². The summed E-state index contributed by atoms with van der Waals surface area (Å²) in [6.07, 6.45) is 5.44. The van der Waals surface area contributed by atoms with Crippen LogP contribution in [0.3, 0.4) is 0 Å². The van der Waals surface area contributed by atoms with Gasteiger partial charge in [-0.2, -0.15) is 9.50 Å². The van der Waals surface area contributed by atoms with Gasteiger partial charge in [-0.05, 0) is 42.3 Å². The average Bonchev–Trinajstić information content (AvgIpc) is 3.16. The third-order valence-electron chi connectivity index (χ3n) is 3.95. The molecule has 0 spiro atoms. The number of halogens is 2. The van der Waals surface area contributed by atoms with Gasteiger partial charge in [0.15, 0.2) is 5.82 Å². The summed E-state index contributed by atoms with van der Waals surface area (Å²) in [5.41, 5.74) is 2.76. The number of rotatable bonds is 3. The van der Waals surface area contributed by atoms with E-state index in [-0.39, 0.29) is 5.56 Å². The zero-order valence-corrected chi connectivity index (χ0v) is 16.5. The van der Waals surface area contributed by atoms with Crippen molar-refractivity contribution in [1.29, 1.82) is 0 Å². The van der Waals surface area contributed by atoms with Crippen molar-refractivity contribution in [3.63, 3.8) is 0 Å². The Kier molecular flexibility index (Phi) is 4.83. The van der Waals surface area contributed by atoms with E-state index in [1.54, 1.807) is 30.4 Å². The number of benzene rings is 2. The molecule has 0 aliphatic rings. The topological polar surface area (TPSA) is 47.3 Å². The van der Waals surface area contributed by atoms with Crippen molar-refractivity contribution in [2.75, 3.05) is 0 Å². The summed E-state index contributed by atoms with van der Waals surface area (Å²) in [6, 6.07) is 13.3. The van der Waals surface area contributed by atoms with Crippen molar-refractivity contribution < 1.29 is 0 Å². The van der Waals surface area contributed by atoms with E-state index in [1.807, 2.05) is 37.3 Å². The summed E-state index contributed by atoms with van der Waals surface area (Å²) in [7, 11) is 0. The summed E-state index contributed by atoms with van der Waals surface area (Å²) in [6.45, 7) is 2.04. The molecular weight excluding hydrogens is 401 g/mol. The quantitative estimate of drug-likeness (QED) is 0.497. The minimum atomic E-state index is -0.219. The molecule has 4 aromatic rings. The summed E-state index contributed by atoms with van der Waals surface area (Å²) < 4.78 is 1.83. The molecule has 0 bridgehead atoms. The lowest BCUT2D eigenvalue weighted by atomic mass is 10.1. The number of aromatic nitrogens is 3. The van der Waals surface area contributed by atoms with Crippen LogP contribution in [-0.4, -0.2) is 14.6 Å². The van der Waals surface area contributed by atoms with E-state index >= 15 is 0 Å². The summed E-state index contributed by atoms with van der Waals surface area (Å²) in [5, 5.41) is 5.32. The Bertz CT molecular complexity index is 1270. The standard InChI is InChI=1S/C20H13Cl2N3OS/c1-12-2-4-13(5-3-12)6-9-18-23-20-25(24-18)19(26)17(27-20)10-14-7-8-15(21)11-16(14)22/h2-11H,1H3. The highest BCUT2D eigenvalue weighted by Gasteiger charge is 2.09. The van der Waals surface area contributed by atoms with Crippen LogP contribution in [0.5, 0.6) is 0 Å². The Labute approximate surface area is 169 Å². The van der Waals surface area contributed by atoms with Gasteiger partial charge < -0.3 is 0 Å². The van der Waals surface area contributed by atoms with Crippen LogP contribution in [0.25, 0.3) is 23.2 Å². The van der Waals surface area contributed by atoms with Crippen molar-refractivity contribution >= 4 is 57.7 Å². The van der Waals surface area contributed by atoms with Crippen molar-refractivity contribution in [3.8, 4) is 0 Å². The molecule has 4 nitrogen and oxygen atoms in total. The first-order valence-electron chi connectivity index (χ1n) is 8.11. The molecule has 2 aromatic carbocycles. The van der Waals surface area contributed by atoms with Gasteiger partial charge in [-0.1, -0.05) is 76.5 Å². The lowest BCUT2D eigenvalue weighted by molar-refractivity contribution is 0.925. The van der Waals surface area contributed by atoms with Gasteiger partial charge in [-0.3, -0.25) is 4.79 Å². The fourth-order valence-corrected chi connectivity index (χ4v) is 3.90. The van der Waals surface area contributed by atoms with Crippen molar-refractivity contribution in [2.24, 2.45) is 0 Å². The predicted molar refractivity (Wildman–Crippen MR) is 112 cm³/mol. The van der Waals surface area contributed by atoms with Crippen molar-refractivity contribution in [2.45, 2.75) is 6.92 Å². The second-order valence-electron chi connectivity index (χ2n) is 5.99. The molecule has 0 saturated carbocycles. The average molecular weight is 414 g/mol. The Morgan fingerprint density at radius 2 is 1.85 bits per heavy atom. The van der Waals surface area contributed by atoms with Gasteiger partial charge >= 0.3 is 0 Å². The molecule has 0 atom stereocenters. The third kappa shape index (κ3) is 3.81. The van der Waals surface area contributed by atoms with Crippen LogP contribution >= 0.6 is 34.5 Å². The van der Waals surface area contributed by atoms with Crippen LogP contribution in [-0.2, 0) is 0 Å². The fraction of sp³-hybridized carbons (Fsp3) is 0.0500. The zero-order chi connectivity index (χ0) is 19.0. The summed E-state index contributed by atoms with van der Waals surface area (Å²) >= 11 is 13.4. The van der Waals surface area contributed by atoms with E-state index < -0.39 is 0 Å². The van der Waals surface area contributed by atoms with E-state index in [2.05, 4.69) is 10.1 Å². The number of fused-ring (bicyclic) bond motifs is 1. The highest BCUT2D eigenvalue weighted by atomic mass is 35.5. The molecule has 0 radical (unpaired) electrons. The van der Waals surface area contributed by atoms with Gasteiger partial charge in [0.1, 0.15) is 0 Å². The first kappa shape index (κ1) is 17.9. The molecule has 0 N–H and O–H groups in total. The van der Waals surface area contributed by atoms with Crippen LogP contribution in [0, 0.1) is 6.92 Å². The third-order valence-corrected chi connectivity index (χ3v) is 5.47. The molecule has 134 valence electrons. The van der Waals surface area contributed by atoms with Gasteiger partial charge in [-0.15, -0.1) is 5.10 Å². The van der Waals surface area contributed by atoms with Crippen molar-refractivity contribution in [1.82, 2.24) is 14.6 Å². The molecule has 0 aliphatic heterocycles. The number of aryl methyl sites for hydroxylation is 1. The second-order valence-corrected chi connectivity index (χ2v) is 7.84. The van der Waals surface area contributed by atoms with Gasteiger partial charge in [0, 0.05) is 10.0 Å². The lowest BCUT2D eigenvalue weighted by Crippen LogP contribution is -2.23. The smallest absolute Gasteiger partial charge is 0.266 e. The maximum atomic E-state index is 12.6. The maximum absolute atomic E-state index is 12.6. The maximum Gasteiger partial charge on any atom is 0.291 e. The summed E-state index contributed by atoms with van der Waals surface area (Å²) in [4.78, 5) is 17.5. The first-order valence-corrected chi connectivity index (χ1v) is 9.68. The van der Waals surface area contributed by atoms with Crippen LogP contribution in [0.4, 0.5) is 0 Å². The fourth-order valence-electron chi connectivity index (χ4n) is 2.53. The monoisotopic (exact) mass is 413 g/mol. The molecular formula is C20H13Cl2N3OS. The SMILES string of the molecule is Cc1ccc(C=Cc2nc3sc(=Cc4ccc(Cl)cc4Cl)c(=O)n3n2)cc1. The molecule has 27 heavy (non-hydrogen) atoms. The van der Waals surface area contributed by atoms with Crippen LogP contribution < -0.4 is 10.1 Å². The first-order chi connectivity index (χ1) is 13.0. The number of hydrogen-bond donors (Lipinski definition) is 0. The lowest BCUT2D eigenvalue weighted by Gasteiger charge is -1.97. The van der Waals surface area contributed by atoms with E-state index in [0.717, 1.165) is 11.1 Å². The van der Waals surface area contributed by atoms with Gasteiger partial charge in [0.2, 0.25) is 4.96 Å². The largest absolute Gasteiger partial charge is 0.291 e. The molecule has 0 aliphatic carbocycles. The van der Waals surface area contributed by atoms with Crippen molar-refractivity contribution in [3.05, 3.63) is 89.9 Å². The Hall–Kier alpha value is -2.47. The highest BCUT2D eigenvalue weighted by Crippen LogP contribution is 2.21.